The first-order chi connectivity index (χ1) is 6.47. The smallest absolute Gasteiger partial charge is 0.275 e. The molecule has 1 aromatic carbocycles. The summed E-state index contributed by atoms with van der Waals surface area (Å²) in [6, 6.07) is 3.08. The second-order valence-electron chi connectivity index (χ2n) is 2.87. The van der Waals surface area contributed by atoms with Gasteiger partial charge in [-0.25, -0.2) is 13.2 Å². The summed E-state index contributed by atoms with van der Waals surface area (Å²) in [5.74, 6) is -3.56. The number of halogens is 4. The molecular formula is C9H9BrF3N. The fourth-order valence-corrected chi connectivity index (χ4v) is 1.74. The van der Waals surface area contributed by atoms with E-state index in [1.165, 1.54) is 0 Å². The zero-order valence-electron chi connectivity index (χ0n) is 7.24. The predicted molar refractivity (Wildman–Crippen MR) is 51.7 cm³/mol. The van der Waals surface area contributed by atoms with Crippen LogP contribution in [0.5, 0.6) is 0 Å². The van der Waals surface area contributed by atoms with Crippen LogP contribution in [0.2, 0.25) is 0 Å². The Balaban J connectivity index is 3.06. The van der Waals surface area contributed by atoms with Crippen LogP contribution in [-0.4, -0.2) is 6.54 Å². The molecule has 1 nitrogen and oxygen atoms in total. The molecule has 0 radical (unpaired) electrons. The normalized spacial score (nSPS) is 11.8. The third kappa shape index (κ3) is 2.48. The largest absolute Gasteiger partial charge is 0.330 e. The monoisotopic (exact) mass is 267 g/mol. The van der Waals surface area contributed by atoms with Crippen molar-refractivity contribution in [3.63, 3.8) is 0 Å². The van der Waals surface area contributed by atoms with Crippen molar-refractivity contribution < 1.29 is 13.2 Å². The summed E-state index contributed by atoms with van der Waals surface area (Å²) in [6.45, 7) is -0.114. The molecule has 0 bridgehead atoms. The highest BCUT2D eigenvalue weighted by molar-refractivity contribution is 9.10. The summed E-state index contributed by atoms with van der Waals surface area (Å²) in [7, 11) is 0. The topological polar surface area (TPSA) is 26.0 Å². The Kier molecular flexibility index (Phi) is 3.55. The van der Waals surface area contributed by atoms with Crippen molar-refractivity contribution in [2.24, 2.45) is 5.73 Å². The lowest BCUT2D eigenvalue weighted by atomic mass is 10.1. The van der Waals surface area contributed by atoms with Gasteiger partial charge in [0.2, 0.25) is 0 Å². The first-order valence-electron chi connectivity index (χ1n) is 4.01. The minimum absolute atomic E-state index is 0.0657. The molecule has 1 aromatic rings. The van der Waals surface area contributed by atoms with E-state index < -0.39 is 18.2 Å². The third-order valence-electron chi connectivity index (χ3n) is 1.78. The van der Waals surface area contributed by atoms with Gasteiger partial charge in [-0.1, -0.05) is 15.9 Å². The zero-order valence-corrected chi connectivity index (χ0v) is 8.82. The number of nitrogens with two attached hydrogens (primary N) is 1. The van der Waals surface area contributed by atoms with Crippen LogP contribution in [0.3, 0.4) is 0 Å². The Labute approximate surface area is 88.2 Å². The number of hydrogen-bond donors (Lipinski definition) is 1. The number of benzene rings is 1. The van der Waals surface area contributed by atoms with E-state index >= 15 is 0 Å². The number of rotatable bonds is 3. The zero-order chi connectivity index (χ0) is 10.8. The molecular weight excluding hydrogens is 259 g/mol. The Morgan fingerprint density at radius 2 is 2.00 bits per heavy atom. The van der Waals surface area contributed by atoms with E-state index in [9.17, 15) is 13.2 Å². The van der Waals surface area contributed by atoms with Crippen molar-refractivity contribution in [1.82, 2.24) is 0 Å². The standard InChI is InChI=1S/C9H9BrF3N/c10-8-5-6(11)1-2-7(8)9(12,13)3-4-14/h1-2,5H,3-4,14H2. The predicted octanol–water partition coefficient (Wildman–Crippen LogP) is 3.03. The van der Waals surface area contributed by atoms with Gasteiger partial charge in [0.1, 0.15) is 5.82 Å². The minimum Gasteiger partial charge on any atom is -0.330 e. The van der Waals surface area contributed by atoms with Gasteiger partial charge < -0.3 is 5.73 Å². The Hall–Kier alpha value is -0.550. The van der Waals surface area contributed by atoms with Gasteiger partial charge in [0.25, 0.3) is 5.92 Å². The van der Waals surface area contributed by atoms with Crippen LogP contribution >= 0.6 is 15.9 Å². The lowest BCUT2D eigenvalue weighted by Gasteiger charge is -2.17. The van der Waals surface area contributed by atoms with Crippen molar-refractivity contribution in [2.45, 2.75) is 12.3 Å². The summed E-state index contributed by atoms with van der Waals surface area (Å²) < 4.78 is 39.3. The Bertz CT molecular complexity index is 328. The average Bonchev–Trinajstić information content (AvgIpc) is 2.02. The fourth-order valence-electron chi connectivity index (χ4n) is 1.10. The van der Waals surface area contributed by atoms with Crippen LogP contribution in [0.4, 0.5) is 13.2 Å². The molecule has 0 aliphatic carbocycles. The van der Waals surface area contributed by atoms with Gasteiger partial charge in [0, 0.05) is 16.5 Å². The Morgan fingerprint density at radius 1 is 1.36 bits per heavy atom. The van der Waals surface area contributed by atoms with Crippen molar-refractivity contribution >= 4 is 15.9 Å². The van der Waals surface area contributed by atoms with Gasteiger partial charge >= 0.3 is 0 Å². The maximum Gasteiger partial charge on any atom is 0.275 e. The van der Waals surface area contributed by atoms with Crippen LogP contribution in [0.1, 0.15) is 12.0 Å². The minimum atomic E-state index is -3.01. The molecule has 0 aromatic heterocycles. The number of alkyl halides is 2. The van der Waals surface area contributed by atoms with E-state index in [1.807, 2.05) is 0 Å². The van der Waals surface area contributed by atoms with Gasteiger partial charge in [-0.15, -0.1) is 0 Å². The second-order valence-corrected chi connectivity index (χ2v) is 3.72. The average molecular weight is 268 g/mol. The first kappa shape index (κ1) is 11.5. The molecule has 0 unspecified atom stereocenters. The third-order valence-corrected chi connectivity index (χ3v) is 2.44. The summed E-state index contributed by atoms with van der Waals surface area (Å²) in [5, 5.41) is 0. The van der Waals surface area contributed by atoms with E-state index in [0.29, 0.717) is 0 Å². The van der Waals surface area contributed by atoms with Crippen LogP contribution in [0, 0.1) is 5.82 Å². The Morgan fingerprint density at radius 3 is 2.50 bits per heavy atom. The highest BCUT2D eigenvalue weighted by atomic mass is 79.9. The molecule has 78 valence electrons. The maximum absolute atomic E-state index is 13.3. The van der Waals surface area contributed by atoms with Crippen molar-refractivity contribution in [2.75, 3.05) is 6.54 Å². The highest BCUT2D eigenvalue weighted by Gasteiger charge is 2.32. The molecule has 0 saturated carbocycles. The van der Waals surface area contributed by atoms with Gasteiger partial charge in [-0.3, -0.25) is 0 Å². The van der Waals surface area contributed by atoms with Gasteiger partial charge in [-0.2, -0.15) is 0 Å². The highest BCUT2D eigenvalue weighted by Crippen LogP contribution is 2.36. The molecule has 0 aliphatic rings. The van der Waals surface area contributed by atoms with Crippen LogP contribution < -0.4 is 5.73 Å². The molecule has 5 heteroatoms. The van der Waals surface area contributed by atoms with Crippen molar-refractivity contribution in [1.29, 1.82) is 0 Å². The quantitative estimate of drug-likeness (QED) is 0.895. The van der Waals surface area contributed by atoms with E-state index in [2.05, 4.69) is 15.9 Å². The molecule has 0 aliphatic heterocycles. The summed E-state index contributed by atoms with van der Waals surface area (Å²) >= 11 is 2.89. The molecule has 14 heavy (non-hydrogen) atoms. The summed E-state index contributed by atoms with van der Waals surface area (Å²) in [6.07, 6.45) is -0.447. The molecule has 1 rings (SSSR count). The lowest BCUT2D eigenvalue weighted by molar-refractivity contribution is -0.0115. The lowest BCUT2D eigenvalue weighted by Crippen LogP contribution is -2.19. The molecule has 2 N–H and O–H groups in total. The van der Waals surface area contributed by atoms with Gasteiger partial charge in [0.15, 0.2) is 0 Å². The van der Waals surface area contributed by atoms with Crippen LogP contribution in [0.15, 0.2) is 22.7 Å². The van der Waals surface area contributed by atoms with E-state index in [-0.39, 0.29) is 16.6 Å². The van der Waals surface area contributed by atoms with Crippen molar-refractivity contribution in [3.8, 4) is 0 Å². The fraction of sp³-hybridized carbons (Fsp3) is 0.333. The molecule has 0 amide bonds. The van der Waals surface area contributed by atoms with Crippen LogP contribution in [-0.2, 0) is 5.92 Å². The molecule has 0 saturated heterocycles. The summed E-state index contributed by atoms with van der Waals surface area (Å²) in [4.78, 5) is 0. The molecule has 0 fully saturated rings. The summed E-state index contributed by atoms with van der Waals surface area (Å²) in [5.41, 5.74) is 4.83. The molecule has 0 spiro atoms. The van der Waals surface area contributed by atoms with E-state index in [0.717, 1.165) is 18.2 Å². The van der Waals surface area contributed by atoms with E-state index in [1.54, 1.807) is 0 Å². The van der Waals surface area contributed by atoms with E-state index in [4.69, 9.17) is 5.73 Å². The number of hydrogen-bond acceptors (Lipinski definition) is 1. The van der Waals surface area contributed by atoms with Gasteiger partial charge in [-0.05, 0) is 24.7 Å². The van der Waals surface area contributed by atoms with Gasteiger partial charge in [0.05, 0.1) is 0 Å². The van der Waals surface area contributed by atoms with Crippen molar-refractivity contribution in [3.05, 3.63) is 34.1 Å². The first-order valence-corrected chi connectivity index (χ1v) is 4.80. The molecule has 0 atom stereocenters. The maximum atomic E-state index is 13.3. The molecule has 0 heterocycles. The second kappa shape index (κ2) is 4.31. The SMILES string of the molecule is NCCC(F)(F)c1ccc(F)cc1Br. The van der Waals surface area contributed by atoms with Crippen LogP contribution in [0.25, 0.3) is 0 Å².